The number of hydrogen-bond donors (Lipinski definition) is 1. The molecular weight excluding hydrogens is 306 g/mol. The molecule has 0 spiro atoms. The highest BCUT2D eigenvalue weighted by Gasteiger charge is 2.29. The number of nitrogens with zero attached hydrogens (tertiary/aromatic N) is 2. The highest BCUT2D eigenvalue weighted by atomic mass is 16.4. The van der Waals surface area contributed by atoms with E-state index in [0.29, 0.717) is 25.8 Å². The fourth-order valence-corrected chi connectivity index (χ4v) is 3.07. The number of pyridine rings is 1. The van der Waals surface area contributed by atoms with Gasteiger partial charge in [0, 0.05) is 43.2 Å². The Morgan fingerprint density at radius 3 is 2.83 bits per heavy atom. The molecule has 1 aliphatic carbocycles. The van der Waals surface area contributed by atoms with Gasteiger partial charge in [-0.2, -0.15) is 0 Å². The largest absolute Gasteiger partial charge is 0.550 e. The third-order valence-corrected chi connectivity index (χ3v) is 4.42. The molecule has 0 bridgehead atoms. The number of imidazole rings is 1. The normalized spacial score (nSPS) is 20.2. The van der Waals surface area contributed by atoms with Crippen LogP contribution >= 0.6 is 0 Å². The highest BCUT2D eigenvalue weighted by molar-refractivity contribution is 5.84. The van der Waals surface area contributed by atoms with Gasteiger partial charge in [-0.3, -0.25) is 4.79 Å². The van der Waals surface area contributed by atoms with E-state index in [9.17, 15) is 14.7 Å². The second-order valence-corrected chi connectivity index (χ2v) is 6.22. The number of nitrogens with one attached hydrogen (secondary N) is 1. The summed E-state index contributed by atoms with van der Waals surface area (Å²) in [5.41, 5.74) is 2.92. The maximum atomic E-state index is 12.3. The Hall–Kier alpha value is -2.63. The quantitative estimate of drug-likeness (QED) is 0.817. The maximum Gasteiger partial charge on any atom is 0.224 e. The van der Waals surface area contributed by atoms with E-state index in [2.05, 4.69) is 10.3 Å². The minimum atomic E-state index is -1.16. The van der Waals surface area contributed by atoms with Crippen molar-refractivity contribution in [1.82, 2.24) is 14.7 Å². The summed E-state index contributed by atoms with van der Waals surface area (Å²) in [6.45, 7) is 2.45. The van der Waals surface area contributed by atoms with Crippen LogP contribution in [0, 0.1) is 18.8 Å². The first-order valence-electron chi connectivity index (χ1n) is 8.12. The van der Waals surface area contributed by atoms with E-state index in [1.807, 2.05) is 41.9 Å². The standard InChI is InChI=1S/C18H21N3O3/c1-12-7-9-21-11-13(20-16(21)10-12)6-8-19-17(22)14-4-2-3-5-15(14)18(23)24/h2-3,7,9-11,14-15H,4-6,8H2,1H3,(H,19,22)(H,23,24)/p-1/t14-,15+/m1/s1. The van der Waals surface area contributed by atoms with Crippen molar-refractivity contribution in [2.24, 2.45) is 11.8 Å². The Balaban J connectivity index is 1.57. The predicted octanol–water partition coefficient (Wildman–Crippen LogP) is 0.634. The van der Waals surface area contributed by atoms with E-state index in [1.54, 1.807) is 6.08 Å². The molecule has 2 aromatic rings. The van der Waals surface area contributed by atoms with Crippen molar-refractivity contribution >= 4 is 17.5 Å². The van der Waals surface area contributed by atoms with Crippen LogP contribution in [0.25, 0.3) is 5.65 Å². The molecule has 0 saturated heterocycles. The number of aromatic nitrogens is 2. The Morgan fingerprint density at radius 1 is 1.33 bits per heavy atom. The Kier molecular flexibility index (Phi) is 4.64. The second kappa shape index (κ2) is 6.86. The minimum absolute atomic E-state index is 0.229. The molecule has 0 fully saturated rings. The number of allylic oxidation sites excluding steroid dienone is 2. The van der Waals surface area contributed by atoms with Crippen molar-refractivity contribution in [2.75, 3.05) is 6.54 Å². The summed E-state index contributed by atoms with van der Waals surface area (Å²) < 4.78 is 1.95. The monoisotopic (exact) mass is 326 g/mol. The number of aryl methyl sites for hydroxylation is 1. The first-order valence-corrected chi connectivity index (χ1v) is 8.12. The molecule has 3 rings (SSSR count). The van der Waals surface area contributed by atoms with Gasteiger partial charge in [0.2, 0.25) is 5.91 Å². The van der Waals surface area contributed by atoms with Crippen LogP contribution in [-0.4, -0.2) is 27.8 Å². The van der Waals surface area contributed by atoms with E-state index in [0.717, 1.165) is 16.9 Å². The van der Waals surface area contributed by atoms with Gasteiger partial charge >= 0.3 is 0 Å². The second-order valence-electron chi connectivity index (χ2n) is 6.22. The van der Waals surface area contributed by atoms with Crippen LogP contribution in [0.4, 0.5) is 0 Å². The number of fused-ring (bicyclic) bond motifs is 1. The number of carbonyl (C=O) groups excluding carboxylic acids is 2. The summed E-state index contributed by atoms with van der Waals surface area (Å²) >= 11 is 0. The molecule has 1 aliphatic rings. The first-order chi connectivity index (χ1) is 11.5. The molecule has 0 unspecified atom stereocenters. The van der Waals surface area contributed by atoms with Gasteiger partial charge in [-0.15, -0.1) is 0 Å². The lowest BCUT2D eigenvalue weighted by atomic mass is 9.82. The Labute approximate surface area is 140 Å². The molecule has 1 N–H and O–H groups in total. The molecule has 0 radical (unpaired) electrons. The molecule has 0 aliphatic heterocycles. The van der Waals surface area contributed by atoms with Gasteiger partial charge in [0.1, 0.15) is 5.65 Å². The third-order valence-electron chi connectivity index (χ3n) is 4.42. The van der Waals surface area contributed by atoms with Crippen LogP contribution in [-0.2, 0) is 16.0 Å². The number of carboxylic acid groups (broad SMARTS) is 1. The summed E-state index contributed by atoms with van der Waals surface area (Å²) in [7, 11) is 0. The molecule has 24 heavy (non-hydrogen) atoms. The number of carboxylic acids is 1. The molecule has 6 nitrogen and oxygen atoms in total. The van der Waals surface area contributed by atoms with Gasteiger partial charge in [-0.1, -0.05) is 12.2 Å². The molecular formula is C18H20N3O3-. The van der Waals surface area contributed by atoms with Crippen molar-refractivity contribution in [2.45, 2.75) is 26.2 Å². The smallest absolute Gasteiger partial charge is 0.224 e. The van der Waals surface area contributed by atoms with E-state index < -0.39 is 17.8 Å². The lowest BCUT2D eigenvalue weighted by Gasteiger charge is -2.28. The van der Waals surface area contributed by atoms with Crippen LogP contribution in [0.15, 0.2) is 36.7 Å². The zero-order valence-corrected chi connectivity index (χ0v) is 13.6. The van der Waals surface area contributed by atoms with Crippen LogP contribution in [0.5, 0.6) is 0 Å². The van der Waals surface area contributed by atoms with Crippen LogP contribution in [0.2, 0.25) is 0 Å². The lowest BCUT2D eigenvalue weighted by molar-refractivity contribution is -0.313. The number of aliphatic carboxylic acids is 1. The lowest BCUT2D eigenvalue weighted by Crippen LogP contribution is -2.44. The number of carbonyl (C=O) groups is 2. The number of amides is 1. The SMILES string of the molecule is Cc1ccn2cc(CCNC(=O)[C@@H]3CC=CC[C@@H]3C(=O)[O-])nc2c1. The van der Waals surface area contributed by atoms with Crippen molar-refractivity contribution < 1.29 is 14.7 Å². The molecule has 6 heteroatoms. The zero-order chi connectivity index (χ0) is 17.1. The average Bonchev–Trinajstić information content (AvgIpc) is 2.96. The molecule has 0 saturated carbocycles. The van der Waals surface area contributed by atoms with Crippen molar-refractivity contribution in [3.8, 4) is 0 Å². The van der Waals surface area contributed by atoms with E-state index in [-0.39, 0.29) is 5.91 Å². The number of rotatable bonds is 5. The minimum Gasteiger partial charge on any atom is -0.550 e. The van der Waals surface area contributed by atoms with E-state index >= 15 is 0 Å². The summed E-state index contributed by atoms with van der Waals surface area (Å²) in [6, 6.07) is 4.01. The summed E-state index contributed by atoms with van der Waals surface area (Å²) in [4.78, 5) is 27.9. The topological polar surface area (TPSA) is 86.5 Å². The van der Waals surface area contributed by atoms with Crippen LogP contribution in [0.1, 0.15) is 24.1 Å². The predicted molar refractivity (Wildman–Crippen MR) is 87.0 cm³/mol. The van der Waals surface area contributed by atoms with Gasteiger partial charge in [0.15, 0.2) is 0 Å². The van der Waals surface area contributed by atoms with Gasteiger partial charge in [-0.05, 0) is 37.5 Å². The summed E-state index contributed by atoms with van der Waals surface area (Å²) in [6.07, 6.45) is 8.94. The fourth-order valence-electron chi connectivity index (χ4n) is 3.07. The van der Waals surface area contributed by atoms with Gasteiger partial charge < -0.3 is 19.6 Å². The van der Waals surface area contributed by atoms with Crippen LogP contribution in [0.3, 0.4) is 0 Å². The summed E-state index contributed by atoms with van der Waals surface area (Å²) in [5.74, 6) is -2.68. The molecule has 2 atom stereocenters. The Morgan fingerprint density at radius 2 is 2.08 bits per heavy atom. The van der Waals surface area contributed by atoms with Crippen molar-refractivity contribution in [3.05, 3.63) is 47.9 Å². The molecule has 2 aromatic heterocycles. The van der Waals surface area contributed by atoms with Gasteiger partial charge in [0.25, 0.3) is 0 Å². The van der Waals surface area contributed by atoms with Crippen LogP contribution < -0.4 is 10.4 Å². The maximum absolute atomic E-state index is 12.3. The molecule has 126 valence electrons. The van der Waals surface area contributed by atoms with E-state index in [1.165, 1.54) is 0 Å². The van der Waals surface area contributed by atoms with E-state index in [4.69, 9.17) is 0 Å². The Bertz CT molecular complexity index is 794. The average molecular weight is 326 g/mol. The molecule has 2 heterocycles. The third kappa shape index (κ3) is 3.48. The van der Waals surface area contributed by atoms with Crippen molar-refractivity contribution in [3.63, 3.8) is 0 Å². The highest BCUT2D eigenvalue weighted by Crippen LogP contribution is 2.25. The van der Waals surface area contributed by atoms with Gasteiger partial charge in [-0.25, -0.2) is 4.98 Å². The number of hydrogen-bond acceptors (Lipinski definition) is 4. The molecule has 1 amide bonds. The molecule has 0 aromatic carbocycles. The fraction of sp³-hybridized carbons (Fsp3) is 0.389. The zero-order valence-electron chi connectivity index (χ0n) is 13.6. The first kappa shape index (κ1) is 16.2. The van der Waals surface area contributed by atoms with Crippen molar-refractivity contribution in [1.29, 1.82) is 0 Å². The summed E-state index contributed by atoms with van der Waals surface area (Å²) in [5, 5.41) is 14.0. The van der Waals surface area contributed by atoms with Gasteiger partial charge in [0.05, 0.1) is 5.69 Å².